The number of nitrogens with zero attached hydrogens (tertiary/aromatic N) is 1. The van der Waals surface area contributed by atoms with E-state index in [1.807, 2.05) is 36.4 Å². The van der Waals surface area contributed by atoms with Crippen molar-refractivity contribution in [2.45, 2.75) is 32.3 Å². The second kappa shape index (κ2) is 6.98. The normalized spacial score (nSPS) is 11.2. The smallest absolute Gasteiger partial charge is 0.270 e. The van der Waals surface area contributed by atoms with Gasteiger partial charge in [0.15, 0.2) is 0 Å². The summed E-state index contributed by atoms with van der Waals surface area (Å²) in [4.78, 5) is 22.3. The number of aliphatic hydroxyl groups is 1. The maximum atomic E-state index is 12.1. The van der Waals surface area contributed by atoms with Gasteiger partial charge in [0.05, 0.1) is 16.1 Å². The van der Waals surface area contributed by atoms with E-state index in [1.54, 1.807) is 0 Å². The first kappa shape index (κ1) is 16.8. The van der Waals surface area contributed by atoms with Crippen LogP contribution in [0.2, 0.25) is 0 Å². The van der Waals surface area contributed by atoms with Crippen LogP contribution >= 0.6 is 22.6 Å². The summed E-state index contributed by atoms with van der Waals surface area (Å²) in [5.41, 5.74) is -0.826. The number of carbonyl (C=O) groups is 1. The molecule has 0 aliphatic rings. The number of halogens is 1. The van der Waals surface area contributed by atoms with Crippen molar-refractivity contribution in [2.75, 3.05) is 6.54 Å². The maximum Gasteiger partial charge on any atom is 0.270 e. The molecule has 0 atom stereocenters. The SMILES string of the molecule is CCC(O)(CC)CNC(=O)c1cc([N+](=O)[O-])ccc1I. The summed E-state index contributed by atoms with van der Waals surface area (Å²) in [7, 11) is 0. The number of carbonyl (C=O) groups excluding carboxylic acids is 1. The van der Waals surface area contributed by atoms with Crippen molar-refractivity contribution in [1.82, 2.24) is 5.32 Å². The Labute approximate surface area is 130 Å². The summed E-state index contributed by atoms with van der Waals surface area (Å²) in [6, 6.07) is 4.13. The molecule has 0 aliphatic heterocycles. The zero-order chi connectivity index (χ0) is 15.3. The quantitative estimate of drug-likeness (QED) is 0.442. The largest absolute Gasteiger partial charge is 0.388 e. The van der Waals surface area contributed by atoms with Crippen LogP contribution in [0.25, 0.3) is 0 Å². The number of rotatable bonds is 6. The minimum Gasteiger partial charge on any atom is -0.388 e. The molecule has 2 N–H and O–H groups in total. The van der Waals surface area contributed by atoms with E-state index in [0.717, 1.165) is 0 Å². The molecule has 0 fully saturated rings. The lowest BCUT2D eigenvalue weighted by Gasteiger charge is -2.25. The van der Waals surface area contributed by atoms with Crippen LogP contribution in [0, 0.1) is 13.7 Å². The van der Waals surface area contributed by atoms with Crippen LogP contribution in [0.5, 0.6) is 0 Å². The van der Waals surface area contributed by atoms with Gasteiger partial charge in [-0.3, -0.25) is 14.9 Å². The van der Waals surface area contributed by atoms with E-state index in [9.17, 15) is 20.0 Å². The highest BCUT2D eigenvalue weighted by atomic mass is 127. The van der Waals surface area contributed by atoms with Crippen molar-refractivity contribution in [2.24, 2.45) is 0 Å². The predicted molar refractivity (Wildman–Crippen MR) is 83.7 cm³/mol. The number of benzene rings is 1. The topological polar surface area (TPSA) is 92.5 Å². The Morgan fingerprint density at radius 2 is 2.05 bits per heavy atom. The van der Waals surface area contributed by atoms with E-state index in [4.69, 9.17) is 0 Å². The third-order valence-electron chi connectivity index (χ3n) is 3.30. The van der Waals surface area contributed by atoms with Crippen molar-refractivity contribution in [1.29, 1.82) is 0 Å². The Kier molecular flexibility index (Phi) is 5.88. The minimum atomic E-state index is -0.943. The van der Waals surface area contributed by atoms with E-state index in [1.165, 1.54) is 18.2 Å². The molecule has 1 amide bonds. The molecule has 0 heterocycles. The Morgan fingerprint density at radius 1 is 1.45 bits per heavy atom. The van der Waals surface area contributed by atoms with Crippen molar-refractivity contribution >= 4 is 34.2 Å². The zero-order valence-electron chi connectivity index (χ0n) is 11.4. The van der Waals surface area contributed by atoms with E-state index >= 15 is 0 Å². The Bertz CT molecular complexity index is 515. The van der Waals surface area contributed by atoms with Crippen molar-refractivity contribution in [3.8, 4) is 0 Å². The molecule has 20 heavy (non-hydrogen) atoms. The number of hydrogen-bond acceptors (Lipinski definition) is 4. The highest BCUT2D eigenvalue weighted by molar-refractivity contribution is 14.1. The first-order valence-electron chi connectivity index (χ1n) is 6.27. The summed E-state index contributed by atoms with van der Waals surface area (Å²) in [5, 5.41) is 23.5. The average Bonchev–Trinajstić information content (AvgIpc) is 2.44. The fourth-order valence-electron chi connectivity index (χ4n) is 1.64. The third-order valence-corrected chi connectivity index (χ3v) is 4.24. The minimum absolute atomic E-state index is 0.123. The summed E-state index contributed by atoms with van der Waals surface area (Å²) in [6.45, 7) is 3.80. The van der Waals surface area contributed by atoms with Gasteiger partial charge in [-0.1, -0.05) is 13.8 Å². The highest BCUT2D eigenvalue weighted by Gasteiger charge is 2.24. The van der Waals surface area contributed by atoms with Gasteiger partial charge in [0.1, 0.15) is 0 Å². The lowest BCUT2D eigenvalue weighted by molar-refractivity contribution is -0.384. The molecule has 1 aromatic carbocycles. The van der Waals surface area contributed by atoms with Crippen molar-refractivity contribution < 1.29 is 14.8 Å². The van der Waals surface area contributed by atoms with Gasteiger partial charge in [0, 0.05) is 22.2 Å². The van der Waals surface area contributed by atoms with E-state index in [2.05, 4.69) is 5.32 Å². The molecule has 7 heteroatoms. The van der Waals surface area contributed by atoms with Gasteiger partial charge in [-0.25, -0.2) is 0 Å². The second-order valence-corrected chi connectivity index (χ2v) is 5.70. The molecule has 0 bridgehead atoms. The van der Waals surface area contributed by atoms with Crippen LogP contribution in [0.1, 0.15) is 37.0 Å². The molecule has 0 unspecified atom stereocenters. The maximum absolute atomic E-state index is 12.1. The zero-order valence-corrected chi connectivity index (χ0v) is 13.5. The molecule has 0 saturated heterocycles. The highest BCUT2D eigenvalue weighted by Crippen LogP contribution is 2.20. The number of hydrogen-bond donors (Lipinski definition) is 2. The molecule has 0 aromatic heterocycles. The van der Waals surface area contributed by atoms with E-state index in [-0.39, 0.29) is 17.8 Å². The van der Waals surface area contributed by atoms with E-state index < -0.39 is 16.4 Å². The molecule has 1 aromatic rings. The van der Waals surface area contributed by atoms with Crippen LogP contribution in [-0.2, 0) is 0 Å². The number of nitro benzene ring substituents is 1. The molecule has 1 rings (SSSR count). The summed E-state index contributed by atoms with van der Waals surface area (Å²) in [5.74, 6) is -0.418. The first-order valence-corrected chi connectivity index (χ1v) is 7.35. The van der Waals surface area contributed by atoms with Crippen molar-refractivity contribution in [3.05, 3.63) is 37.4 Å². The Balaban J connectivity index is 2.87. The van der Waals surface area contributed by atoms with Crippen LogP contribution in [-0.4, -0.2) is 28.1 Å². The van der Waals surface area contributed by atoms with Gasteiger partial charge >= 0.3 is 0 Å². The number of amides is 1. The van der Waals surface area contributed by atoms with Gasteiger partial charge in [0.25, 0.3) is 11.6 Å². The Hall–Kier alpha value is -1.22. The van der Waals surface area contributed by atoms with Gasteiger partial charge in [-0.15, -0.1) is 0 Å². The predicted octanol–water partition coefficient (Wildman–Crippen LogP) is 2.48. The van der Waals surface area contributed by atoms with Gasteiger partial charge in [0.2, 0.25) is 0 Å². The number of non-ortho nitro benzene ring substituents is 1. The lowest BCUT2D eigenvalue weighted by Crippen LogP contribution is -2.42. The number of nitrogens with one attached hydrogen (secondary N) is 1. The molecule has 0 radical (unpaired) electrons. The molecule has 0 spiro atoms. The fraction of sp³-hybridized carbons (Fsp3) is 0.462. The van der Waals surface area contributed by atoms with Crippen molar-refractivity contribution in [3.63, 3.8) is 0 Å². The molecule has 6 nitrogen and oxygen atoms in total. The summed E-state index contributed by atoms with van der Waals surface area (Å²) >= 11 is 1.95. The van der Waals surface area contributed by atoms with Crippen LogP contribution < -0.4 is 5.32 Å². The summed E-state index contributed by atoms with van der Waals surface area (Å²) in [6.07, 6.45) is 1.05. The van der Waals surface area contributed by atoms with Crippen LogP contribution in [0.4, 0.5) is 5.69 Å². The lowest BCUT2D eigenvalue weighted by atomic mass is 9.97. The summed E-state index contributed by atoms with van der Waals surface area (Å²) < 4.78 is 0.627. The van der Waals surface area contributed by atoms with E-state index in [0.29, 0.717) is 16.4 Å². The Morgan fingerprint density at radius 3 is 2.55 bits per heavy atom. The average molecular weight is 392 g/mol. The first-order chi connectivity index (χ1) is 9.33. The van der Waals surface area contributed by atoms with Crippen LogP contribution in [0.15, 0.2) is 18.2 Å². The molecular weight excluding hydrogens is 375 g/mol. The number of nitro groups is 1. The molecule has 0 aliphatic carbocycles. The third kappa shape index (κ3) is 4.14. The van der Waals surface area contributed by atoms with Gasteiger partial charge in [-0.05, 0) is 41.5 Å². The fourth-order valence-corrected chi connectivity index (χ4v) is 2.22. The van der Waals surface area contributed by atoms with Gasteiger partial charge < -0.3 is 10.4 Å². The standard InChI is InChI=1S/C13H17IN2O4/c1-3-13(18,4-2)8-15-12(17)10-7-9(16(19)20)5-6-11(10)14/h5-7,18H,3-4,8H2,1-2H3,(H,15,17). The monoisotopic (exact) mass is 392 g/mol. The molecule has 110 valence electrons. The molecular formula is C13H17IN2O4. The van der Waals surface area contributed by atoms with Crippen LogP contribution in [0.3, 0.4) is 0 Å². The second-order valence-electron chi connectivity index (χ2n) is 4.54. The molecule has 0 saturated carbocycles. The van der Waals surface area contributed by atoms with Gasteiger partial charge in [-0.2, -0.15) is 0 Å².